The number of nitrogens with two attached hydrogens (primary N) is 1. The number of hydrogen-bond donors (Lipinski definition) is 3. The third-order valence-corrected chi connectivity index (χ3v) is 6.24. The summed E-state index contributed by atoms with van der Waals surface area (Å²) in [6, 6.07) is 0.344. The lowest BCUT2D eigenvalue weighted by atomic mass is 9.77. The number of aromatic nitrogens is 2. The van der Waals surface area contributed by atoms with Gasteiger partial charge in [0.1, 0.15) is 5.82 Å². The van der Waals surface area contributed by atoms with Gasteiger partial charge < -0.3 is 21.1 Å². The summed E-state index contributed by atoms with van der Waals surface area (Å²) in [5, 5.41) is 6.95. The molecule has 2 bridgehead atoms. The Kier molecular flexibility index (Phi) is 4.73. The van der Waals surface area contributed by atoms with Crippen molar-refractivity contribution in [3.8, 4) is 0 Å². The molecule has 1 aromatic heterocycles. The zero-order valence-corrected chi connectivity index (χ0v) is 15.5. The average Bonchev–Trinajstić information content (AvgIpc) is 3.17. The van der Waals surface area contributed by atoms with Gasteiger partial charge in [0, 0.05) is 24.4 Å². The van der Waals surface area contributed by atoms with Gasteiger partial charge in [-0.05, 0) is 64.2 Å². The Morgan fingerprint density at radius 1 is 1.31 bits per heavy atom. The molecular formula is C19H29N5O2. The predicted octanol–water partition coefficient (Wildman–Crippen LogP) is 2.69. The van der Waals surface area contributed by atoms with E-state index in [0.29, 0.717) is 29.5 Å². The first-order valence-electron chi connectivity index (χ1n) is 9.90. The zero-order valence-electron chi connectivity index (χ0n) is 15.5. The van der Waals surface area contributed by atoms with Crippen molar-refractivity contribution in [3.63, 3.8) is 0 Å². The Morgan fingerprint density at radius 2 is 2.08 bits per heavy atom. The van der Waals surface area contributed by atoms with Crippen molar-refractivity contribution >= 4 is 17.7 Å². The smallest absolute Gasteiger partial charge is 0.254 e. The predicted molar refractivity (Wildman–Crippen MR) is 100 cm³/mol. The molecule has 0 aliphatic heterocycles. The number of rotatable bonds is 7. The third-order valence-electron chi connectivity index (χ3n) is 6.24. The van der Waals surface area contributed by atoms with Crippen LogP contribution in [0.5, 0.6) is 0 Å². The van der Waals surface area contributed by atoms with Gasteiger partial charge >= 0.3 is 0 Å². The lowest BCUT2D eigenvalue weighted by Crippen LogP contribution is -2.43. The number of ether oxygens (including phenoxy) is 1. The number of carbonyl (C=O) groups is 1. The van der Waals surface area contributed by atoms with Gasteiger partial charge in [-0.1, -0.05) is 0 Å². The summed E-state index contributed by atoms with van der Waals surface area (Å²) in [7, 11) is 0. The second kappa shape index (κ2) is 7.02. The molecule has 0 saturated heterocycles. The van der Waals surface area contributed by atoms with Gasteiger partial charge in [-0.15, -0.1) is 0 Å². The molecule has 0 spiro atoms. The number of hydrogen-bond acceptors (Lipinski definition) is 6. The molecule has 0 aromatic carbocycles. The van der Waals surface area contributed by atoms with E-state index >= 15 is 0 Å². The summed E-state index contributed by atoms with van der Waals surface area (Å²) in [6.07, 6.45) is 10.9. The van der Waals surface area contributed by atoms with Crippen LogP contribution in [0.25, 0.3) is 0 Å². The van der Waals surface area contributed by atoms with E-state index < -0.39 is 5.91 Å². The van der Waals surface area contributed by atoms with Crippen LogP contribution in [-0.2, 0) is 4.74 Å². The first-order valence-corrected chi connectivity index (χ1v) is 9.90. The largest absolute Gasteiger partial charge is 0.379 e. The summed E-state index contributed by atoms with van der Waals surface area (Å²) in [5.41, 5.74) is 6.01. The van der Waals surface area contributed by atoms with Gasteiger partial charge in [-0.25, -0.2) is 4.98 Å². The third kappa shape index (κ3) is 3.49. The monoisotopic (exact) mass is 359 g/mol. The van der Waals surface area contributed by atoms with E-state index in [4.69, 9.17) is 10.5 Å². The van der Waals surface area contributed by atoms with Crippen molar-refractivity contribution in [2.45, 2.75) is 76.0 Å². The number of anilines is 2. The van der Waals surface area contributed by atoms with Crippen molar-refractivity contribution in [2.75, 3.05) is 17.2 Å². The second-order valence-electron chi connectivity index (χ2n) is 8.11. The van der Waals surface area contributed by atoms with Gasteiger partial charge in [0.05, 0.1) is 11.7 Å². The number of primary amides is 1. The molecule has 7 nitrogen and oxygen atoms in total. The van der Waals surface area contributed by atoms with E-state index in [-0.39, 0.29) is 5.54 Å². The number of carbonyl (C=O) groups excluding carboxylic acids is 1. The van der Waals surface area contributed by atoms with Gasteiger partial charge in [0.2, 0.25) is 5.95 Å². The fourth-order valence-electron chi connectivity index (χ4n) is 4.87. The maximum Gasteiger partial charge on any atom is 0.254 e. The van der Waals surface area contributed by atoms with Crippen LogP contribution < -0.4 is 16.4 Å². The Labute approximate surface area is 154 Å². The molecule has 4 N–H and O–H groups in total. The van der Waals surface area contributed by atoms with Crippen LogP contribution in [-0.4, -0.2) is 40.2 Å². The minimum Gasteiger partial charge on any atom is -0.379 e. The van der Waals surface area contributed by atoms with Crippen molar-refractivity contribution in [1.82, 2.24) is 9.97 Å². The standard InChI is InChI=1S/C19H29N5O2/c1-2-26-14-5-3-13(4-6-14)22-18-21-11-15(16(20)25)17(23-18)24-19-8-7-12(9-19)10-19/h11-14H,2-10H2,1H3,(H2,20,25)(H2,21,22,23,24)/t12?,13-,14-,19?. The molecule has 142 valence electrons. The molecular weight excluding hydrogens is 330 g/mol. The maximum atomic E-state index is 11.8. The first-order chi connectivity index (χ1) is 12.6. The number of nitrogens with one attached hydrogen (secondary N) is 2. The highest BCUT2D eigenvalue weighted by molar-refractivity contribution is 5.97. The van der Waals surface area contributed by atoms with E-state index in [1.54, 1.807) is 6.20 Å². The summed E-state index contributed by atoms with van der Waals surface area (Å²) in [6.45, 7) is 2.82. The molecule has 1 amide bonds. The van der Waals surface area contributed by atoms with Crippen LogP contribution in [0, 0.1) is 5.92 Å². The molecule has 0 atom stereocenters. The summed E-state index contributed by atoms with van der Waals surface area (Å²) in [5.74, 6) is 1.50. The van der Waals surface area contributed by atoms with Gasteiger partial charge in [-0.3, -0.25) is 4.79 Å². The normalized spacial score (nSPS) is 32.7. The summed E-state index contributed by atoms with van der Waals surface area (Å²) in [4.78, 5) is 20.7. The van der Waals surface area contributed by atoms with Crippen LogP contribution in [0.4, 0.5) is 11.8 Å². The molecule has 1 heterocycles. The molecule has 5 rings (SSSR count). The van der Waals surface area contributed by atoms with Gasteiger partial charge in [0.25, 0.3) is 5.91 Å². The van der Waals surface area contributed by atoms with Gasteiger partial charge in [-0.2, -0.15) is 4.98 Å². The Hall–Kier alpha value is -1.89. The van der Waals surface area contributed by atoms with Crippen LogP contribution in [0.3, 0.4) is 0 Å². The van der Waals surface area contributed by atoms with Crippen LogP contribution in [0.15, 0.2) is 6.20 Å². The molecule has 4 aliphatic rings. The Balaban J connectivity index is 1.44. The molecule has 26 heavy (non-hydrogen) atoms. The summed E-state index contributed by atoms with van der Waals surface area (Å²) >= 11 is 0. The van der Waals surface area contributed by atoms with Crippen LogP contribution in [0.2, 0.25) is 0 Å². The van der Waals surface area contributed by atoms with Crippen molar-refractivity contribution in [1.29, 1.82) is 0 Å². The fourth-order valence-corrected chi connectivity index (χ4v) is 4.87. The summed E-state index contributed by atoms with van der Waals surface area (Å²) < 4.78 is 5.71. The van der Waals surface area contributed by atoms with Crippen LogP contribution >= 0.6 is 0 Å². The molecule has 0 unspecified atom stereocenters. The number of nitrogens with zero attached hydrogens (tertiary/aromatic N) is 2. The minimum absolute atomic E-state index is 0.107. The van der Waals surface area contributed by atoms with Crippen molar-refractivity contribution in [3.05, 3.63) is 11.8 Å². The minimum atomic E-state index is -0.485. The maximum absolute atomic E-state index is 11.8. The highest BCUT2D eigenvalue weighted by Crippen LogP contribution is 2.53. The zero-order chi connectivity index (χ0) is 18.1. The van der Waals surface area contributed by atoms with Crippen LogP contribution in [0.1, 0.15) is 68.6 Å². The molecule has 4 fully saturated rings. The highest BCUT2D eigenvalue weighted by Gasteiger charge is 2.50. The molecule has 1 aromatic rings. The quantitative estimate of drug-likeness (QED) is 0.692. The molecule has 7 heteroatoms. The lowest BCUT2D eigenvalue weighted by Gasteiger charge is -2.40. The SMILES string of the molecule is CCO[C@H]1CC[C@H](Nc2ncc(C(N)=O)c(NC34CCC(C3)C4)n2)CC1. The highest BCUT2D eigenvalue weighted by atomic mass is 16.5. The lowest BCUT2D eigenvalue weighted by molar-refractivity contribution is 0.0346. The number of fused-ring (bicyclic) bond motifs is 1. The Morgan fingerprint density at radius 3 is 2.69 bits per heavy atom. The fraction of sp³-hybridized carbons (Fsp3) is 0.737. The molecule has 0 radical (unpaired) electrons. The molecule has 4 saturated carbocycles. The second-order valence-corrected chi connectivity index (χ2v) is 8.11. The molecule has 4 aliphatic carbocycles. The van der Waals surface area contributed by atoms with E-state index in [9.17, 15) is 4.79 Å². The van der Waals surface area contributed by atoms with E-state index in [1.165, 1.54) is 19.3 Å². The van der Waals surface area contributed by atoms with Gasteiger partial charge in [0.15, 0.2) is 0 Å². The van der Waals surface area contributed by atoms with E-state index in [1.807, 2.05) is 6.92 Å². The van der Waals surface area contributed by atoms with Crippen molar-refractivity contribution < 1.29 is 9.53 Å². The van der Waals surface area contributed by atoms with E-state index in [0.717, 1.165) is 44.6 Å². The van der Waals surface area contributed by atoms with E-state index in [2.05, 4.69) is 20.6 Å². The topological polar surface area (TPSA) is 102 Å². The average molecular weight is 359 g/mol. The number of amides is 1. The Bertz CT molecular complexity index is 660. The first kappa shape index (κ1) is 17.5. The van der Waals surface area contributed by atoms with Crippen molar-refractivity contribution in [2.24, 2.45) is 11.7 Å².